The smallest absolute Gasteiger partial charge is 0.239 e. The first kappa shape index (κ1) is 20.5. The van der Waals surface area contributed by atoms with Gasteiger partial charge >= 0.3 is 0 Å². The maximum Gasteiger partial charge on any atom is 0.239 e. The zero-order chi connectivity index (χ0) is 18.9. The van der Waals surface area contributed by atoms with Crippen LogP contribution >= 0.6 is 34.9 Å². The number of ether oxygens (including phenoxy) is 1. The number of nitrogens with one attached hydrogen (secondary N) is 1. The fourth-order valence-electron chi connectivity index (χ4n) is 1.80. The van der Waals surface area contributed by atoms with Crippen molar-refractivity contribution in [3.63, 3.8) is 0 Å². The van der Waals surface area contributed by atoms with Gasteiger partial charge in [0.1, 0.15) is 5.75 Å². The second kappa shape index (κ2) is 10.4. The van der Waals surface area contributed by atoms with Gasteiger partial charge in [0, 0.05) is 19.8 Å². The molecule has 2 amide bonds. The Balaban J connectivity index is 1.78. The Morgan fingerprint density at radius 2 is 1.85 bits per heavy atom. The van der Waals surface area contributed by atoms with E-state index in [1.54, 1.807) is 33.0 Å². The van der Waals surface area contributed by atoms with E-state index in [9.17, 15) is 9.59 Å². The first-order valence-corrected chi connectivity index (χ1v) is 10.5. The van der Waals surface area contributed by atoms with Crippen LogP contribution in [-0.4, -0.2) is 60.4 Å². The van der Waals surface area contributed by atoms with Gasteiger partial charge in [-0.15, -0.1) is 10.2 Å². The van der Waals surface area contributed by atoms with Crippen molar-refractivity contribution in [2.45, 2.75) is 14.4 Å². The van der Waals surface area contributed by atoms with E-state index in [1.807, 2.05) is 24.3 Å². The summed E-state index contributed by atoms with van der Waals surface area (Å²) in [5.41, 5.74) is 1.17. The summed E-state index contributed by atoms with van der Waals surface area (Å²) < 4.78 is 6.74. The lowest BCUT2D eigenvalue weighted by atomic mass is 10.2. The van der Waals surface area contributed by atoms with Crippen LogP contribution in [0.3, 0.4) is 0 Å². The van der Waals surface area contributed by atoms with Crippen molar-refractivity contribution in [2.75, 3.05) is 33.5 Å². The van der Waals surface area contributed by atoms with E-state index in [4.69, 9.17) is 4.74 Å². The molecule has 2 rings (SSSR count). The normalized spacial score (nSPS) is 10.4. The van der Waals surface area contributed by atoms with Gasteiger partial charge in [0.05, 0.1) is 19.4 Å². The van der Waals surface area contributed by atoms with Gasteiger partial charge in [-0.1, -0.05) is 47.0 Å². The number of aromatic nitrogens is 2. The van der Waals surface area contributed by atoms with Crippen LogP contribution in [-0.2, 0) is 15.3 Å². The molecule has 0 radical (unpaired) electrons. The number of rotatable bonds is 9. The zero-order valence-corrected chi connectivity index (χ0v) is 17.2. The van der Waals surface area contributed by atoms with Crippen molar-refractivity contribution in [3.8, 4) is 5.75 Å². The molecule has 1 heterocycles. The SMILES string of the molecule is CNC(=O)CN(C)C(=O)CSc1nnc(SCc2ccc(OC)cc2)s1. The molecule has 2 aromatic rings. The van der Waals surface area contributed by atoms with Crippen molar-refractivity contribution in [3.05, 3.63) is 29.8 Å². The van der Waals surface area contributed by atoms with Crippen molar-refractivity contribution in [1.82, 2.24) is 20.4 Å². The Labute approximate surface area is 164 Å². The summed E-state index contributed by atoms with van der Waals surface area (Å²) in [6.07, 6.45) is 0. The second-order valence-electron chi connectivity index (χ2n) is 5.18. The highest BCUT2D eigenvalue weighted by molar-refractivity contribution is 8.03. The number of nitrogens with zero attached hydrogens (tertiary/aromatic N) is 3. The van der Waals surface area contributed by atoms with Crippen molar-refractivity contribution >= 4 is 46.7 Å². The number of thioether (sulfide) groups is 2. The fraction of sp³-hybridized carbons (Fsp3) is 0.375. The Morgan fingerprint density at radius 3 is 2.46 bits per heavy atom. The number of carbonyl (C=O) groups excluding carboxylic acids is 2. The van der Waals surface area contributed by atoms with E-state index in [-0.39, 0.29) is 24.1 Å². The van der Waals surface area contributed by atoms with Crippen LogP contribution in [0, 0.1) is 0 Å². The number of amides is 2. The average molecular weight is 413 g/mol. The molecular formula is C16H20N4O3S3. The predicted molar refractivity (Wildman–Crippen MR) is 105 cm³/mol. The van der Waals surface area contributed by atoms with E-state index in [0.29, 0.717) is 0 Å². The summed E-state index contributed by atoms with van der Waals surface area (Å²) in [5.74, 6) is 1.53. The lowest BCUT2D eigenvalue weighted by Crippen LogP contribution is -2.37. The molecule has 0 saturated carbocycles. The molecule has 0 atom stereocenters. The van der Waals surface area contributed by atoms with Crippen LogP contribution in [0.4, 0.5) is 0 Å². The molecule has 26 heavy (non-hydrogen) atoms. The summed E-state index contributed by atoms with van der Waals surface area (Å²) >= 11 is 4.39. The fourth-order valence-corrected chi connectivity index (χ4v) is 4.71. The molecule has 0 bridgehead atoms. The molecule has 1 aromatic carbocycles. The number of likely N-dealkylation sites (N-methyl/N-ethyl adjacent to an activating group) is 2. The monoisotopic (exact) mass is 412 g/mol. The lowest BCUT2D eigenvalue weighted by molar-refractivity contribution is -0.132. The molecular weight excluding hydrogens is 392 g/mol. The quantitative estimate of drug-likeness (QED) is 0.632. The van der Waals surface area contributed by atoms with Crippen LogP contribution in [0.2, 0.25) is 0 Å². The number of methoxy groups -OCH3 is 1. The predicted octanol–water partition coefficient (Wildman–Crippen LogP) is 2.14. The molecule has 0 saturated heterocycles. The second-order valence-corrected chi connectivity index (χ2v) is 8.60. The molecule has 0 unspecified atom stereocenters. The van der Waals surface area contributed by atoms with E-state index in [2.05, 4.69) is 15.5 Å². The van der Waals surface area contributed by atoms with Gasteiger partial charge in [0.15, 0.2) is 8.68 Å². The molecule has 0 fully saturated rings. The number of carbonyl (C=O) groups is 2. The van der Waals surface area contributed by atoms with Gasteiger partial charge in [-0.05, 0) is 17.7 Å². The maximum absolute atomic E-state index is 12.0. The first-order chi connectivity index (χ1) is 12.5. The minimum absolute atomic E-state index is 0.0506. The number of hydrogen-bond acceptors (Lipinski definition) is 8. The van der Waals surface area contributed by atoms with Crippen molar-refractivity contribution in [2.24, 2.45) is 0 Å². The molecule has 1 aromatic heterocycles. The first-order valence-electron chi connectivity index (χ1n) is 7.68. The van der Waals surface area contributed by atoms with Crippen LogP contribution in [0.5, 0.6) is 5.75 Å². The molecule has 140 valence electrons. The third kappa shape index (κ3) is 6.50. The highest BCUT2D eigenvalue weighted by Gasteiger charge is 2.14. The van der Waals surface area contributed by atoms with Crippen LogP contribution in [0.25, 0.3) is 0 Å². The highest BCUT2D eigenvalue weighted by atomic mass is 32.2. The third-order valence-electron chi connectivity index (χ3n) is 3.31. The Hall–Kier alpha value is -1.78. The Bertz CT molecular complexity index is 737. The Morgan fingerprint density at radius 1 is 1.19 bits per heavy atom. The molecule has 0 aliphatic carbocycles. The largest absolute Gasteiger partial charge is 0.497 e. The highest BCUT2D eigenvalue weighted by Crippen LogP contribution is 2.31. The van der Waals surface area contributed by atoms with Gasteiger partial charge in [-0.25, -0.2) is 0 Å². The zero-order valence-electron chi connectivity index (χ0n) is 14.7. The van der Waals surface area contributed by atoms with Crippen LogP contribution < -0.4 is 10.1 Å². The minimum atomic E-state index is -0.195. The van der Waals surface area contributed by atoms with E-state index >= 15 is 0 Å². The van der Waals surface area contributed by atoms with Crippen LogP contribution in [0.1, 0.15) is 5.56 Å². The summed E-state index contributed by atoms with van der Waals surface area (Å²) in [4.78, 5) is 24.7. The number of hydrogen-bond donors (Lipinski definition) is 1. The molecule has 10 heteroatoms. The summed E-state index contributed by atoms with van der Waals surface area (Å²) in [6, 6.07) is 7.89. The molecule has 0 spiro atoms. The number of benzene rings is 1. The van der Waals surface area contributed by atoms with E-state index in [1.165, 1.54) is 33.6 Å². The van der Waals surface area contributed by atoms with Gasteiger partial charge in [0.25, 0.3) is 0 Å². The summed E-state index contributed by atoms with van der Waals surface area (Å²) in [5, 5.41) is 10.7. The standard InChI is InChI=1S/C16H20N4O3S3/c1-17-13(21)8-20(2)14(22)10-25-16-19-18-15(26-16)24-9-11-4-6-12(23-3)7-5-11/h4-7H,8-10H2,1-3H3,(H,17,21). The van der Waals surface area contributed by atoms with E-state index in [0.717, 1.165) is 20.2 Å². The van der Waals surface area contributed by atoms with Crippen molar-refractivity contribution in [1.29, 1.82) is 0 Å². The summed E-state index contributed by atoms with van der Waals surface area (Å²) in [7, 11) is 4.79. The Kier molecular flexibility index (Phi) is 8.20. The van der Waals surface area contributed by atoms with Crippen LogP contribution in [0.15, 0.2) is 32.9 Å². The average Bonchev–Trinajstić information content (AvgIpc) is 3.12. The molecule has 1 N–H and O–H groups in total. The van der Waals surface area contributed by atoms with Gasteiger partial charge in [-0.2, -0.15) is 0 Å². The minimum Gasteiger partial charge on any atom is -0.497 e. The van der Waals surface area contributed by atoms with Gasteiger partial charge in [-0.3, -0.25) is 9.59 Å². The van der Waals surface area contributed by atoms with Gasteiger partial charge in [0.2, 0.25) is 11.8 Å². The van der Waals surface area contributed by atoms with E-state index < -0.39 is 0 Å². The molecule has 7 nitrogen and oxygen atoms in total. The van der Waals surface area contributed by atoms with Crippen molar-refractivity contribution < 1.29 is 14.3 Å². The third-order valence-corrected chi connectivity index (χ3v) is 6.56. The molecule has 0 aliphatic rings. The summed E-state index contributed by atoms with van der Waals surface area (Å²) in [6.45, 7) is 0.0506. The molecule has 0 aliphatic heterocycles. The van der Waals surface area contributed by atoms with Gasteiger partial charge < -0.3 is 15.0 Å². The topological polar surface area (TPSA) is 84.4 Å². The maximum atomic E-state index is 12.0. The lowest BCUT2D eigenvalue weighted by Gasteiger charge is -2.15.